The normalized spacial score (nSPS) is 13.1. The molecule has 24 heteroatoms. The molecule has 0 saturated carbocycles. The molecule has 0 spiro atoms. The van der Waals surface area contributed by atoms with Gasteiger partial charge in [-0.25, -0.2) is 56.0 Å². The van der Waals surface area contributed by atoms with Gasteiger partial charge in [0.05, 0.1) is 0 Å². The predicted octanol–water partition coefficient (Wildman–Crippen LogP) is 22.8. The Hall–Kier alpha value is 0.140. The average molecular weight is 1470 g/mol. The van der Waals surface area contributed by atoms with Crippen molar-refractivity contribution in [1.29, 1.82) is 0 Å². The SMILES string of the molecule is CCCN(CCC)P(=N[P+](N=P(N(CCC)CCC)(N(CCC)CCC)N(CCC)CCC)(N=P(N(CCC)CCC)(N(CCC)CCC)N(CCC)CCC)N=P(N(CCC)CCC)(N(CCC)CCC)N(CCC)CCC)(N(CCC)CCC)N(CCC)CCC.O=C([O-])O. The fourth-order valence-corrected chi connectivity index (χ4v) is 43.2. The second-order valence-electron chi connectivity index (χ2n) is 26.8. The predicted molar refractivity (Wildman–Crippen MR) is 438 cm³/mol. The smallest absolute Gasteiger partial charge is 0.502 e. The molecule has 0 rings (SSSR count). The van der Waals surface area contributed by atoms with Gasteiger partial charge in [0.2, 0.25) is 36.2 Å². The molecule has 0 aliphatic rings. The minimum atomic E-state index is -4.00. The van der Waals surface area contributed by atoms with E-state index in [4.69, 9.17) is 33.1 Å². The molecule has 0 aromatic carbocycles. The Balaban J connectivity index is 0. The van der Waals surface area contributed by atoms with Gasteiger partial charge in [-0.1, -0.05) is 166 Å². The molecule has 0 amide bonds. The topological polar surface area (TPSA) is 149 Å². The van der Waals surface area contributed by atoms with Crippen LogP contribution >= 0.6 is 37.9 Å². The van der Waals surface area contributed by atoms with E-state index < -0.39 is 44.0 Å². The lowest BCUT2D eigenvalue weighted by Crippen LogP contribution is -2.45. The van der Waals surface area contributed by atoms with Crippen LogP contribution in [-0.2, 0) is 0 Å². The van der Waals surface area contributed by atoms with Gasteiger partial charge in [0, 0.05) is 157 Å². The van der Waals surface area contributed by atoms with Crippen LogP contribution in [0, 0.1) is 0 Å². The molecule has 19 nitrogen and oxygen atoms in total. The summed E-state index contributed by atoms with van der Waals surface area (Å²) < 4.78 is 68.2. The summed E-state index contributed by atoms with van der Waals surface area (Å²) in [6, 6.07) is 0. The van der Waals surface area contributed by atoms with Crippen molar-refractivity contribution in [3.8, 4) is 0 Å². The molecule has 0 aliphatic heterocycles. The van der Waals surface area contributed by atoms with Gasteiger partial charge in [-0.15, -0.1) is 0 Å². The second kappa shape index (κ2) is 59.3. The largest absolute Gasteiger partial charge is 0.565 e. The van der Waals surface area contributed by atoms with E-state index >= 15 is 0 Å². The fraction of sp³-hybridized carbons (Fsp3) is 0.986. The van der Waals surface area contributed by atoms with Crippen molar-refractivity contribution in [2.75, 3.05) is 157 Å². The molecule has 0 aromatic rings. The number of rotatable bonds is 64. The van der Waals surface area contributed by atoms with E-state index in [2.05, 4.69) is 222 Å². The number of nitrogens with zero attached hydrogens (tertiary/aromatic N) is 16. The van der Waals surface area contributed by atoms with Crippen LogP contribution in [0.25, 0.3) is 0 Å². The lowest BCUT2D eigenvalue weighted by Gasteiger charge is -2.52. The molecular weight excluding hydrogens is 1300 g/mol. The van der Waals surface area contributed by atoms with Crippen LogP contribution in [0.4, 0.5) is 4.79 Å². The zero-order chi connectivity index (χ0) is 73.8. The third-order valence-electron chi connectivity index (χ3n) is 17.1. The number of carboxylic acid groups (broad SMARTS) is 2. The van der Waals surface area contributed by atoms with Gasteiger partial charge in [-0.05, 0) is 172 Å². The first-order valence-corrected chi connectivity index (χ1v) is 49.2. The molecule has 0 atom stereocenters. The summed E-state index contributed by atoms with van der Waals surface area (Å²) in [5.41, 5.74) is 0. The zero-order valence-corrected chi connectivity index (χ0v) is 73.6. The summed E-state index contributed by atoms with van der Waals surface area (Å²) in [7, 11) is -16.3. The first-order valence-electron chi connectivity index (χ1n) is 41.2. The number of hydrogen-bond donors (Lipinski definition) is 1. The maximum Gasteiger partial charge on any atom is 0.502 e. The van der Waals surface area contributed by atoms with Gasteiger partial charge in [0.25, 0.3) is 0 Å². The maximum atomic E-state index is 8.44. The van der Waals surface area contributed by atoms with Gasteiger partial charge in [-0.3, -0.25) is 0 Å². The van der Waals surface area contributed by atoms with E-state index in [1.54, 1.807) is 0 Å². The quantitative estimate of drug-likeness (QED) is 0.0575. The van der Waals surface area contributed by atoms with E-state index in [9.17, 15) is 0 Å². The van der Waals surface area contributed by atoms with E-state index in [1.165, 1.54) is 0 Å². The molecule has 0 aliphatic carbocycles. The highest BCUT2D eigenvalue weighted by atomic mass is 31.3. The summed E-state index contributed by atoms with van der Waals surface area (Å²) in [5.74, 6) is 0. The minimum absolute atomic E-state index is 0.980. The Labute approximate surface area is 607 Å². The maximum absolute atomic E-state index is 8.44. The Morgan fingerprint density at radius 1 is 0.216 bits per heavy atom. The first-order chi connectivity index (χ1) is 46.8. The van der Waals surface area contributed by atoms with E-state index in [1.807, 2.05) is 0 Å². The Bertz CT molecular complexity index is 1590. The van der Waals surface area contributed by atoms with Gasteiger partial charge in [-0.2, -0.15) is 0 Å². The standard InChI is InChI=1S/C72H168N16P5.CH2O3/c1-25-49-77(50-26-2)90(78(51-27-3)52-28-4,79(53-29-5)54-30-6)73-89(74-91(80(55-31-7)56-32-8,81(57-33-9)58-34-10)82(59-35-11)60-36-12,75-92(83(61-37-13)62-38-14,84(63-39-15)64-40-16)85(65-41-17)66-42-18)76-93(86(67-43-19)68-44-20,87(69-45-21)70-46-22)88(71-47-23)72-48-24;2-1(3)4/h25-72H2,1-24H3;(H2,2,3,4)/q+1;/p-1. The molecule has 0 heterocycles. The van der Waals surface area contributed by atoms with Crippen LogP contribution in [0.3, 0.4) is 0 Å². The van der Waals surface area contributed by atoms with Crippen LogP contribution in [0.15, 0.2) is 18.1 Å². The molecule has 0 bridgehead atoms. The second-order valence-corrected chi connectivity index (χ2v) is 41.8. The lowest BCUT2D eigenvalue weighted by atomic mass is 10.4. The third-order valence-corrected chi connectivity index (χ3v) is 38.7. The summed E-state index contributed by atoms with van der Waals surface area (Å²) >= 11 is 0. The van der Waals surface area contributed by atoms with Crippen LogP contribution in [0.2, 0.25) is 0 Å². The van der Waals surface area contributed by atoms with Crippen molar-refractivity contribution >= 4 is 44.0 Å². The Kier molecular flexibility index (Phi) is 60.6. The Morgan fingerprint density at radius 3 is 0.330 bits per heavy atom. The summed E-state index contributed by atoms with van der Waals surface area (Å²) in [5, 5.41) is 15.3. The van der Waals surface area contributed by atoms with Crippen molar-refractivity contribution in [2.45, 2.75) is 320 Å². The molecule has 0 saturated heterocycles. The fourth-order valence-electron chi connectivity index (χ4n) is 14.3. The Morgan fingerprint density at radius 2 is 0.278 bits per heavy atom. The van der Waals surface area contributed by atoms with Crippen molar-refractivity contribution in [1.82, 2.24) is 56.0 Å². The lowest BCUT2D eigenvalue weighted by molar-refractivity contribution is -0.275. The average Bonchev–Trinajstić information content (AvgIpc) is 0.749. The van der Waals surface area contributed by atoms with Gasteiger partial charge >= 0.3 is 7.87 Å². The van der Waals surface area contributed by atoms with E-state index in [-0.39, 0.29) is 0 Å². The highest BCUT2D eigenvalue weighted by molar-refractivity contribution is 7.88. The van der Waals surface area contributed by atoms with Crippen LogP contribution in [0.5, 0.6) is 0 Å². The molecule has 0 unspecified atom stereocenters. The van der Waals surface area contributed by atoms with Gasteiger partial charge < -0.3 is 15.0 Å². The third kappa shape index (κ3) is 30.1. The minimum Gasteiger partial charge on any atom is -0.565 e. The summed E-state index contributed by atoms with van der Waals surface area (Å²) in [6.45, 7) is 82.7. The van der Waals surface area contributed by atoms with Gasteiger partial charge in [0.1, 0.15) is 0 Å². The van der Waals surface area contributed by atoms with Gasteiger partial charge in [0.15, 0.2) is 0 Å². The zero-order valence-electron chi connectivity index (χ0n) is 69.1. The highest BCUT2D eigenvalue weighted by Crippen LogP contribution is 2.88. The summed E-state index contributed by atoms with van der Waals surface area (Å²) in [6.07, 6.45) is 23.3. The first kappa shape index (κ1) is 99.2. The van der Waals surface area contributed by atoms with Crippen LogP contribution in [0.1, 0.15) is 320 Å². The van der Waals surface area contributed by atoms with Crippen molar-refractivity contribution in [3.63, 3.8) is 0 Å². The summed E-state index contributed by atoms with van der Waals surface area (Å²) in [4.78, 5) is 8.44. The highest BCUT2D eigenvalue weighted by Gasteiger charge is 2.61. The molecule has 1 N–H and O–H groups in total. The molecule has 584 valence electrons. The van der Waals surface area contributed by atoms with Crippen LogP contribution in [-0.4, -0.2) is 224 Å². The number of carbonyl (C=O) groups is 1. The van der Waals surface area contributed by atoms with Crippen molar-refractivity contribution in [2.24, 2.45) is 18.1 Å². The molecular formula is C73H169N16O3P5. The molecule has 97 heavy (non-hydrogen) atoms. The van der Waals surface area contributed by atoms with E-state index in [0.29, 0.717) is 0 Å². The van der Waals surface area contributed by atoms with E-state index in [0.717, 1.165) is 311 Å². The monoisotopic (exact) mass is 1470 g/mol. The molecule has 0 aromatic heterocycles. The molecule has 0 radical (unpaired) electrons. The van der Waals surface area contributed by atoms with Crippen molar-refractivity contribution in [3.05, 3.63) is 0 Å². The molecule has 0 fully saturated rings. The number of hydrogen-bond acceptors (Lipinski definition) is 6. The van der Waals surface area contributed by atoms with Crippen LogP contribution < -0.4 is 5.11 Å². The van der Waals surface area contributed by atoms with Crippen molar-refractivity contribution < 1.29 is 15.0 Å².